The first-order valence-corrected chi connectivity index (χ1v) is 18.0. The molecule has 218 valence electrons. The van der Waals surface area contributed by atoms with Crippen LogP contribution in [-0.4, -0.2) is 38.7 Å². The number of hydrogen-bond donors (Lipinski definition) is 0. The number of aryl methyl sites for hydroxylation is 2. The fourth-order valence-corrected chi connectivity index (χ4v) is 7.19. The van der Waals surface area contributed by atoms with Crippen molar-refractivity contribution >= 4 is 20.9 Å². The normalized spacial score (nSPS) is 14.3. The van der Waals surface area contributed by atoms with Crippen molar-refractivity contribution in [3.8, 4) is 22.6 Å². The molecule has 0 saturated heterocycles. The van der Waals surface area contributed by atoms with E-state index in [1.807, 2.05) is 43.3 Å². The Balaban J connectivity index is 2.56. The van der Waals surface area contributed by atoms with Gasteiger partial charge in [-0.05, 0) is 62.3 Å². The van der Waals surface area contributed by atoms with Crippen molar-refractivity contribution in [3.63, 3.8) is 0 Å². The van der Waals surface area contributed by atoms with Gasteiger partial charge in [0.15, 0.2) is 0 Å². The van der Waals surface area contributed by atoms with Crippen molar-refractivity contribution in [1.82, 2.24) is 0 Å². The molecule has 7 nitrogen and oxygen atoms in total. The van der Waals surface area contributed by atoms with Crippen LogP contribution in [-0.2, 0) is 29.6 Å². The van der Waals surface area contributed by atoms with E-state index < -0.39 is 15.0 Å². The van der Waals surface area contributed by atoms with Crippen molar-refractivity contribution in [2.45, 2.75) is 79.1 Å². The van der Waals surface area contributed by atoms with Gasteiger partial charge in [0.25, 0.3) is 0 Å². The first-order valence-electron chi connectivity index (χ1n) is 14.0. The van der Waals surface area contributed by atoms with Crippen LogP contribution < -0.4 is 9.05 Å². The Morgan fingerprint density at radius 3 is 2.18 bits per heavy atom. The molecule has 0 spiro atoms. The molecule has 9 heteroatoms. The maximum Gasteiger partial charge on any atom is 0.378 e. The summed E-state index contributed by atoms with van der Waals surface area (Å²) in [6, 6.07) is 11.8. The molecular formula is C30H46O7P2. The van der Waals surface area contributed by atoms with Gasteiger partial charge in [-0.2, -0.15) is 0 Å². The molecule has 0 amide bonds. The summed E-state index contributed by atoms with van der Waals surface area (Å²) in [5, 5.41) is 0. The average Bonchev–Trinajstić information content (AvgIpc) is 2.87. The van der Waals surface area contributed by atoms with Crippen LogP contribution in [0.15, 0.2) is 36.4 Å². The van der Waals surface area contributed by atoms with Crippen molar-refractivity contribution in [3.05, 3.63) is 47.5 Å². The zero-order valence-electron chi connectivity index (χ0n) is 24.5. The van der Waals surface area contributed by atoms with Gasteiger partial charge in [0.2, 0.25) is 7.37 Å². The second kappa shape index (κ2) is 16.3. The minimum atomic E-state index is -3.55. The lowest BCUT2D eigenvalue weighted by Crippen LogP contribution is -2.06. The maximum absolute atomic E-state index is 13.8. The maximum atomic E-state index is 13.8. The van der Waals surface area contributed by atoms with Crippen LogP contribution in [0.1, 0.15) is 76.8 Å². The van der Waals surface area contributed by atoms with Crippen LogP contribution in [0.5, 0.6) is 11.5 Å². The van der Waals surface area contributed by atoms with Gasteiger partial charge in [0.1, 0.15) is 11.5 Å². The largest absolute Gasteiger partial charge is 0.466 e. The third-order valence-electron chi connectivity index (χ3n) is 6.36. The van der Waals surface area contributed by atoms with Crippen molar-refractivity contribution in [1.29, 1.82) is 0 Å². The van der Waals surface area contributed by atoms with Crippen LogP contribution >= 0.6 is 15.0 Å². The predicted molar refractivity (Wildman–Crippen MR) is 160 cm³/mol. The lowest BCUT2D eigenvalue weighted by molar-refractivity contribution is -0.141. The van der Waals surface area contributed by atoms with Gasteiger partial charge in [0, 0.05) is 26.9 Å². The Hall–Kier alpha value is -2.07. The number of esters is 1. The zero-order chi connectivity index (χ0) is 28.9. The molecule has 39 heavy (non-hydrogen) atoms. The van der Waals surface area contributed by atoms with Gasteiger partial charge in [-0.3, -0.25) is 9.36 Å². The number of hydrogen-bond acceptors (Lipinski definition) is 7. The minimum Gasteiger partial charge on any atom is -0.466 e. The molecule has 0 aliphatic rings. The summed E-state index contributed by atoms with van der Waals surface area (Å²) in [6.07, 6.45) is 7.35. The Bertz CT molecular complexity index is 1160. The fourth-order valence-electron chi connectivity index (χ4n) is 4.24. The van der Waals surface area contributed by atoms with Gasteiger partial charge in [-0.25, -0.2) is 4.57 Å². The summed E-state index contributed by atoms with van der Waals surface area (Å²) in [5.74, 6) is 0.526. The van der Waals surface area contributed by atoms with Gasteiger partial charge in [0.05, 0.1) is 18.3 Å². The topological polar surface area (TPSA) is 88.1 Å². The molecule has 0 fully saturated rings. The molecule has 2 aromatic carbocycles. The second-order valence-corrected chi connectivity index (χ2v) is 15.0. The van der Waals surface area contributed by atoms with E-state index in [-0.39, 0.29) is 18.7 Å². The Labute approximate surface area is 235 Å². The van der Waals surface area contributed by atoms with Gasteiger partial charge in [-0.15, -0.1) is 0 Å². The number of unbranched alkanes of at least 4 members (excludes halogenated alkanes) is 4. The molecule has 0 radical (unpaired) electrons. The molecule has 0 heterocycles. The Morgan fingerprint density at radius 1 is 0.872 bits per heavy atom. The van der Waals surface area contributed by atoms with E-state index in [2.05, 4.69) is 13.8 Å². The molecule has 2 aromatic rings. The highest BCUT2D eigenvalue weighted by molar-refractivity contribution is 7.58. The minimum absolute atomic E-state index is 0.164. The number of carbonyl (C=O) groups excluding carboxylic acids is 1. The lowest BCUT2D eigenvalue weighted by atomic mass is 9.98. The van der Waals surface area contributed by atoms with Gasteiger partial charge < -0.3 is 18.3 Å². The standard InChI is InChI=1S/C30H46O7P2/c1-7-9-11-16-26-22-28(36-38(6,32)19-10-8-2)30(27-17-14-15-24(3)21-27)29(23-26)37-39(33,34-5)20-13-12-18-35-25(4)31/h14-15,17,21-23H,7-13,16,18-20H2,1-6H3. The Kier molecular flexibility index (Phi) is 13.8. The third kappa shape index (κ3) is 11.5. The Morgan fingerprint density at radius 2 is 1.56 bits per heavy atom. The summed E-state index contributed by atoms with van der Waals surface area (Å²) < 4.78 is 50.2. The number of benzene rings is 2. The predicted octanol–water partition coefficient (Wildman–Crippen LogP) is 9.04. The number of ether oxygens (including phenoxy) is 1. The average molecular weight is 581 g/mol. The van der Waals surface area contributed by atoms with Gasteiger partial charge >= 0.3 is 13.6 Å². The first-order chi connectivity index (χ1) is 18.5. The first kappa shape index (κ1) is 33.1. The zero-order valence-corrected chi connectivity index (χ0v) is 26.3. The summed E-state index contributed by atoms with van der Waals surface area (Å²) >= 11 is 0. The highest BCUT2D eigenvalue weighted by atomic mass is 31.2. The van der Waals surface area contributed by atoms with Gasteiger partial charge in [-0.1, -0.05) is 62.9 Å². The van der Waals surface area contributed by atoms with Crippen LogP contribution in [0.4, 0.5) is 0 Å². The van der Waals surface area contributed by atoms with E-state index in [0.29, 0.717) is 36.1 Å². The molecule has 0 N–H and O–H groups in total. The summed E-state index contributed by atoms with van der Waals surface area (Å²) in [6.45, 7) is 9.51. The van der Waals surface area contributed by atoms with Crippen molar-refractivity contribution in [2.75, 3.05) is 32.7 Å². The number of rotatable bonds is 18. The van der Waals surface area contributed by atoms with E-state index in [9.17, 15) is 13.9 Å². The van der Waals surface area contributed by atoms with Crippen LogP contribution in [0.3, 0.4) is 0 Å². The smallest absolute Gasteiger partial charge is 0.378 e. The molecule has 2 atom stereocenters. The summed E-state index contributed by atoms with van der Waals surface area (Å²) in [7, 11) is -5.12. The highest BCUT2D eigenvalue weighted by Crippen LogP contribution is 2.55. The summed E-state index contributed by atoms with van der Waals surface area (Å²) in [5.41, 5.74) is 3.46. The molecule has 2 unspecified atom stereocenters. The molecule has 0 aliphatic heterocycles. The molecular weight excluding hydrogens is 534 g/mol. The number of carbonyl (C=O) groups is 1. The highest BCUT2D eigenvalue weighted by Gasteiger charge is 2.29. The van der Waals surface area contributed by atoms with Crippen molar-refractivity contribution in [2.24, 2.45) is 0 Å². The van der Waals surface area contributed by atoms with E-state index >= 15 is 0 Å². The second-order valence-electron chi connectivity index (χ2n) is 10.1. The quantitative estimate of drug-likeness (QED) is 0.0987. The monoisotopic (exact) mass is 580 g/mol. The van der Waals surface area contributed by atoms with Crippen LogP contribution in [0.25, 0.3) is 11.1 Å². The molecule has 0 aromatic heterocycles. The van der Waals surface area contributed by atoms with Crippen LogP contribution in [0, 0.1) is 6.92 Å². The van der Waals surface area contributed by atoms with E-state index in [1.54, 1.807) is 6.66 Å². The van der Waals surface area contributed by atoms with E-state index in [0.717, 1.165) is 55.2 Å². The van der Waals surface area contributed by atoms with E-state index in [1.165, 1.54) is 14.0 Å². The van der Waals surface area contributed by atoms with Crippen molar-refractivity contribution < 1.29 is 32.2 Å². The van der Waals surface area contributed by atoms with Crippen LogP contribution in [0.2, 0.25) is 0 Å². The molecule has 0 saturated carbocycles. The molecule has 0 aliphatic carbocycles. The summed E-state index contributed by atoms with van der Waals surface area (Å²) in [4.78, 5) is 11.1. The van der Waals surface area contributed by atoms with E-state index in [4.69, 9.17) is 18.3 Å². The third-order valence-corrected chi connectivity index (χ3v) is 9.96. The SMILES string of the molecule is CCCCCc1cc(OP(C)(=O)CCCC)c(-c2cccc(C)c2)c(OP(=O)(CCCCOC(C)=O)OC)c1. The fraction of sp³-hybridized carbons (Fsp3) is 0.567. The molecule has 0 bridgehead atoms. The molecule has 2 rings (SSSR count). The lowest BCUT2D eigenvalue weighted by Gasteiger charge is -2.24.